The molecular formula is C11H11N5O3. The zero-order valence-electron chi connectivity index (χ0n) is 10.0. The van der Waals surface area contributed by atoms with Crippen molar-refractivity contribution in [3.63, 3.8) is 0 Å². The number of carbonyl (C=O) groups excluding carboxylic acids is 2. The fourth-order valence-electron chi connectivity index (χ4n) is 1.49. The molecule has 1 aromatic heterocycles. The fourth-order valence-corrected chi connectivity index (χ4v) is 1.49. The Kier molecular flexibility index (Phi) is 3.15. The highest BCUT2D eigenvalue weighted by Gasteiger charge is 2.17. The molecule has 0 spiro atoms. The second-order valence-electron chi connectivity index (χ2n) is 3.85. The average Bonchev–Trinajstić information content (AvgIpc) is 2.77. The van der Waals surface area contributed by atoms with Crippen molar-refractivity contribution in [2.75, 3.05) is 11.1 Å². The molecule has 98 valence electrons. The monoisotopic (exact) mass is 261 g/mol. The molecule has 0 aliphatic carbocycles. The Balaban J connectivity index is 2.23. The van der Waals surface area contributed by atoms with Crippen molar-refractivity contribution < 1.29 is 14.2 Å². The topological polar surface area (TPSA) is 137 Å². The Hall–Kier alpha value is -2.90. The van der Waals surface area contributed by atoms with Gasteiger partial charge in [0.05, 0.1) is 0 Å². The van der Waals surface area contributed by atoms with Gasteiger partial charge >= 0.3 is 0 Å². The molecule has 19 heavy (non-hydrogen) atoms. The number of rotatable bonds is 3. The van der Waals surface area contributed by atoms with E-state index in [1.54, 1.807) is 19.1 Å². The van der Waals surface area contributed by atoms with Crippen LogP contribution in [0.15, 0.2) is 22.8 Å². The number of hydrogen-bond donors (Lipinski definition) is 3. The number of nitrogens with two attached hydrogens (primary N) is 2. The minimum atomic E-state index is -0.548. The second kappa shape index (κ2) is 4.77. The zero-order chi connectivity index (χ0) is 14.0. The smallest absolute Gasteiger partial charge is 0.281 e. The van der Waals surface area contributed by atoms with Crippen LogP contribution in [0.1, 0.15) is 26.4 Å². The van der Waals surface area contributed by atoms with E-state index in [9.17, 15) is 9.59 Å². The predicted molar refractivity (Wildman–Crippen MR) is 66.4 cm³/mol. The highest BCUT2D eigenvalue weighted by atomic mass is 16.6. The van der Waals surface area contributed by atoms with Gasteiger partial charge in [-0.25, -0.2) is 4.63 Å². The fraction of sp³-hybridized carbons (Fsp3) is 0.0909. The Morgan fingerprint density at radius 1 is 1.32 bits per heavy atom. The molecule has 0 bridgehead atoms. The number of hydrogen-bond acceptors (Lipinski definition) is 6. The van der Waals surface area contributed by atoms with Gasteiger partial charge in [-0.1, -0.05) is 0 Å². The quantitative estimate of drug-likeness (QED) is 0.727. The standard InChI is InChI=1S/C11H11N5O3/c1-5-4-6(10(13)17)2-3-7(5)14-11(18)8-9(12)16-19-15-8/h2-4H,1H3,(H2,12,16)(H2,13,17)(H,14,18). The molecular weight excluding hydrogens is 250 g/mol. The molecule has 2 aromatic rings. The Labute approximate surface area is 107 Å². The van der Waals surface area contributed by atoms with Gasteiger partial charge in [0.2, 0.25) is 17.4 Å². The maximum atomic E-state index is 11.8. The van der Waals surface area contributed by atoms with Gasteiger partial charge in [0.1, 0.15) is 0 Å². The third-order valence-electron chi connectivity index (χ3n) is 2.49. The Morgan fingerprint density at radius 3 is 2.58 bits per heavy atom. The first kappa shape index (κ1) is 12.6. The van der Waals surface area contributed by atoms with Crippen LogP contribution < -0.4 is 16.8 Å². The van der Waals surface area contributed by atoms with Crippen molar-refractivity contribution in [1.82, 2.24) is 10.3 Å². The molecule has 0 aliphatic heterocycles. The first-order valence-corrected chi connectivity index (χ1v) is 5.29. The van der Waals surface area contributed by atoms with E-state index in [0.717, 1.165) is 0 Å². The molecule has 8 nitrogen and oxygen atoms in total. The molecule has 0 saturated heterocycles. The van der Waals surface area contributed by atoms with Crippen molar-refractivity contribution >= 4 is 23.3 Å². The van der Waals surface area contributed by atoms with Crippen LogP contribution >= 0.6 is 0 Å². The number of primary amides is 1. The summed E-state index contributed by atoms with van der Waals surface area (Å²) in [6.07, 6.45) is 0. The van der Waals surface area contributed by atoms with Crippen molar-refractivity contribution in [2.24, 2.45) is 5.73 Å². The van der Waals surface area contributed by atoms with Crippen LogP contribution in [-0.4, -0.2) is 22.1 Å². The van der Waals surface area contributed by atoms with Gasteiger partial charge in [0.25, 0.3) is 5.91 Å². The van der Waals surface area contributed by atoms with Gasteiger partial charge in [0.15, 0.2) is 0 Å². The van der Waals surface area contributed by atoms with Crippen LogP contribution in [0.2, 0.25) is 0 Å². The molecule has 0 saturated carbocycles. The molecule has 5 N–H and O–H groups in total. The van der Waals surface area contributed by atoms with Gasteiger partial charge in [-0.2, -0.15) is 0 Å². The van der Waals surface area contributed by atoms with E-state index >= 15 is 0 Å². The van der Waals surface area contributed by atoms with Crippen LogP contribution in [0.25, 0.3) is 0 Å². The molecule has 0 atom stereocenters. The van der Waals surface area contributed by atoms with Crippen molar-refractivity contribution in [3.05, 3.63) is 35.0 Å². The molecule has 2 amide bonds. The zero-order valence-corrected chi connectivity index (χ0v) is 10.0. The van der Waals surface area contributed by atoms with E-state index < -0.39 is 11.8 Å². The lowest BCUT2D eigenvalue weighted by atomic mass is 10.1. The third-order valence-corrected chi connectivity index (χ3v) is 2.49. The van der Waals surface area contributed by atoms with Crippen LogP contribution in [0, 0.1) is 6.92 Å². The van der Waals surface area contributed by atoms with Gasteiger partial charge in [-0.05, 0) is 41.0 Å². The number of amides is 2. The van der Waals surface area contributed by atoms with Gasteiger partial charge in [-0.3, -0.25) is 9.59 Å². The lowest BCUT2D eigenvalue weighted by Crippen LogP contribution is -2.16. The number of nitrogens with zero attached hydrogens (tertiary/aromatic N) is 2. The highest BCUT2D eigenvalue weighted by Crippen LogP contribution is 2.18. The summed E-state index contributed by atoms with van der Waals surface area (Å²) >= 11 is 0. The first-order chi connectivity index (χ1) is 8.99. The summed E-state index contributed by atoms with van der Waals surface area (Å²) in [7, 11) is 0. The van der Waals surface area contributed by atoms with E-state index in [1.807, 2.05) is 0 Å². The van der Waals surface area contributed by atoms with Crippen molar-refractivity contribution in [3.8, 4) is 0 Å². The summed E-state index contributed by atoms with van der Waals surface area (Å²) in [5.74, 6) is -1.18. The Bertz CT molecular complexity index is 650. The minimum Gasteiger partial charge on any atom is -0.379 e. The summed E-state index contributed by atoms with van der Waals surface area (Å²) in [4.78, 5) is 22.8. The minimum absolute atomic E-state index is 0.0936. The van der Waals surface area contributed by atoms with Crippen molar-refractivity contribution in [1.29, 1.82) is 0 Å². The van der Waals surface area contributed by atoms with Gasteiger partial charge in [0, 0.05) is 11.3 Å². The summed E-state index contributed by atoms with van der Waals surface area (Å²) in [5, 5.41) is 9.28. The van der Waals surface area contributed by atoms with Crippen LogP contribution in [0.5, 0.6) is 0 Å². The molecule has 8 heteroatoms. The number of nitrogens with one attached hydrogen (secondary N) is 1. The number of carbonyl (C=O) groups is 2. The molecule has 0 fully saturated rings. The summed E-state index contributed by atoms with van der Waals surface area (Å²) in [5.41, 5.74) is 12.0. The first-order valence-electron chi connectivity index (χ1n) is 5.29. The highest BCUT2D eigenvalue weighted by molar-refractivity contribution is 6.06. The number of benzene rings is 1. The largest absolute Gasteiger partial charge is 0.379 e. The average molecular weight is 261 g/mol. The van der Waals surface area contributed by atoms with Crippen LogP contribution in [0.3, 0.4) is 0 Å². The maximum absolute atomic E-state index is 11.8. The Morgan fingerprint density at radius 2 is 2.05 bits per heavy atom. The van der Waals surface area contributed by atoms with Gasteiger partial charge < -0.3 is 16.8 Å². The van der Waals surface area contributed by atoms with Gasteiger partial charge in [-0.15, -0.1) is 0 Å². The summed E-state index contributed by atoms with van der Waals surface area (Å²) in [6.45, 7) is 1.73. The van der Waals surface area contributed by atoms with Crippen LogP contribution in [-0.2, 0) is 0 Å². The second-order valence-corrected chi connectivity index (χ2v) is 3.85. The predicted octanol–water partition coefficient (Wildman–Crippen LogP) is 0.311. The van der Waals surface area contributed by atoms with E-state index in [2.05, 4.69) is 20.3 Å². The number of nitrogen functional groups attached to an aromatic ring is 1. The van der Waals surface area contributed by atoms with E-state index in [-0.39, 0.29) is 11.5 Å². The summed E-state index contributed by atoms with van der Waals surface area (Å²) < 4.78 is 4.34. The van der Waals surface area contributed by atoms with Crippen LogP contribution in [0.4, 0.5) is 11.5 Å². The molecule has 0 radical (unpaired) electrons. The number of aryl methyl sites for hydroxylation is 1. The third kappa shape index (κ3) is 2.51. The SMILES string of the molecule is Cc1cc(C(N)=O)ccc1NC(=O)c1nonc1N. The maximum Gasteiger partial charge on any atom is 0.281 e. The summed E-state index contributed by atoms with van der Waals surface area (Å²) in [6, 6.07) is 4.65. The van der Waals surface area contributed by atoms with E-state index in [4.69, 9.17) is 11.5 Å². The number of aromatic nitrogens is 2. The van der Waals surface area contributed by atoms with Crippen molar-refractivity contribution in [2.45, 2.75) is 6.92 Å². The normalized spacial score (nSPS) is 10.2. The van der Waals surface area contributed by atoms with E-state index in [0.29, 0.717) is 16.8 Å². The molecule has 0 unspecified atom stereocenters. The molecule has 1 heterocycles. The molecule has 1 aromatic carbocycles. The molecule has 0 aliphatic rings. The number of anilines is 2. The lowest BCUT2D eigenvalue weighted by molar-refractivity contribution is 0.0997. The lowest BCUT2D eigenvalue weighted by Gasteiger charge is -2.07. The molecule has 2 rings (SSSR count). The van der Waals surface area contributed by atoms with E-state index in [1.165, 1.54) is 6.07 Å².